The Labute approximate surface area is 188 Å². The second-order valence-corrected chi connectivity index (χ2v) is 9.27. The van der Waals surface area contributed by atoms with Gasteiger partial charge in [0.15, 0.2) is 0 Å². The molecule has 0 unspecified atom stereocenters. The summed E-state index contributed by atoms with van der Waals surface area (Å²) in [5.41, 5.74) is 8.56. The van der Waals surface area contributed by atoms with E-state index in [9.17, 15) is 12.8 Å². The van der Waals surface area contributed by atoms with Gasteiger partial charge in [0.2, 0.25) is 15.9 Å². The molecule has 160 valence electrons. The molecule has 0 saturated carbocycles. The van der Waals surface area contributed by atoms with Crippen LogP contribution in [0.3, 0.4) is 0 Å². The number of hydrazone groups is 1. The van der Waals surface area contributed by atoms with Crippen LogP contribution in [0.4, 0.5) is 4.39 Å². The molecule has 0 spiro atoms. The largest absolute Gasteiger partial charge is 0.321 e. The summed E-state index contributed by atoms with van der Waals surface area (Å²) >= 11 is 3.21. The van der Waals surface area contributed by atoms with Crippen LogP contribution < -0.4 is 5.84 Å². The number of nitrogens with one attached hydrogen (secondary N) is 1. The van der Waals surface area contributed by atoms with Crippen molar-refractivity contribution in [2.24, 2.45) is 16.1 Å². The lowest BCUT2D eigenvalue weighted by atomic mass is 10.2. The molecular weight excluding hydrogens is 485 g/mol. The molecular formula is C21H19BrFN5O2S. The second-order valence-electron chi connectivity index (χ2n) is 6.54. The van der Waals surface area contributed by atoms with Crippen molar-refractivity contribution in [3.05, 3.63) is 99.8 Å². The highest BCUT2D eigenvalue weighted by Crippen LogP contribution is 2.32. The Kier molecular flexibility index (Phi) is 7.26. The van der Waals surface area contributed by atoms with E-state index in [0.29, 0.717) is 0 Å². The van der Waals surface area contributed by atoms with Crippen LogP contribution >= 0.6 is 15.9 Å². The van der Waals surface area contributed by atoms with Crippen LogP contribution in [0.1, 0.15) is 16.7 Å². The van der Waals surface area contributed by atoms with E-state index in [1.807, 2.05) is 12.1 Å². The fourth-order valence-corrected chi connectivity index (χ4v) is 5.38. The van der Waals surface area contributed by atoms with E-state index in [2.05, 4.69) is 26.1 Å². The molecule has 10 heteroatoms. The minimum Gasteiger partial charge on any atom is -0.321 e. The summed E-state index contributed by atoms with van der Waals surface area (Å²) in [5, 5.41) is 6.54. The van der Waals surface area contributed by atoms with Crippen LogP contribution in [-0.2, 0) is 23.1 Å². The Hall–Kier alpha value is -2.95. The number of nitrogens with zero attached hydrogens (tertiary/aromatic N) is 3. The highest BCUT2D eigenvalue weighted by atomic mass is 79.9. The van der Waals surface area contributed by atoms with Gasteiger partial charge in [-0.3, -0.25) is 0 Å². The minimum atomic E-state index is -4.40. The zero-order valence-electron chi connectivity index (χ0n) is 16.2. The van der Waals surface area contributed by atoms with E-state index >= 15 is 0 Å². The van der Waals surface area contributed by atoms with Crippen molar-refractivity contribution in [2.45, 2.75) is 18.0 Å². The smallest absolute Gasteiger partial charge is 0.247 e. The van der Waals surface area contributed by atoms with E-state index < -0.39 is 26.6 Å². The summed E-state index contributed by atoms with van der Waals surface area (Å²) in [6.45, 7) is 0.0210. The molecule has 0 aliphatic carbocycles. The van der Waals surface area contributed by atoms with Crippen LogP contribution in [0.5, 0.6) is 0 Å². The van der Waals surface area contributed by atoms with E-state index in [-0.39, 0.29) is 23.1 Å². The molecule has 3 rings (SSSR count). The molecule has 3 aromatic carbocycles. The van der Waals surface area contributed by atoms with Crippen LogP contribution in [-0.4, -0.2) is 18.6 Å². The van der Waals surface area contributed by atoms with Gasteiger partial charge in [-0.15, -0.1) is 5.11 Å². The molecule has 0 radical (unpaired) electrons. The standard InChI is InChI=1S/C21H19BrFN5O2S/c22-17-11-12-18(23)20(19(17)21(26-24)27-25)31(29,30)28(13-15-7-3-1-4-8-15)14-16-9-5-2-6-10-16/h1-12,24H,13-14,25H2/b26-24?,27-21-. The Balaban J connectivity index is 2.19. The van der Waals surface area contributed by atoms with Crippen LogP contribution in [0.2, 0.25) is 0 Å². The molecule has 3 aromatic rings. The minimum absolute atomic E-state index is 0.0105. The maximum absolute atomic E-state index is 15.0. The van der Waals surface area contributed by atoms with Gasteiger partial charge in [0.05, 0.1) is 5.56 Å². The molecule has 0 fully saturated rings. The lowest BCUT2D eigenvalue weighted by Gasteiger charge is -2.24. The first-order chi connectivity index (χ1) is 14.9. The summed E-state index contributed by atoms with van der Waals surface area (Å²) in [6.07, 6.45) is 0. The molecule has 0 amide bonds. The van der Waals surface area contributed by atoms with Crippen LogP contribution in [0, 0.1) is 11.3 Å². The first-order valence-electron chi connectivity index (χ1n) is 9.10. The van der Waals surface area contributed by atoms with Gasteiger partial charge in [-0.1, -0.05) is 60.7 Å². The highest BCUT2D eigenvalue weighted by molar-refractivity contribution is 9.10. The fourth-order valence-electron chi connectivity index (χ4n) is 3.07. The zero-order valence-corrected chi connectivity index (χ0v) is 18.6. The van der Waals surface area contributed by atoms with Crippen molar-refractivity contribution in [1.82, 2.24) is 4.31 Å². The first kappa shape index (κ1) is 22.7. The molecule has 31 heavy (non-hydrogen) atoms. The van der Waals surface area contributed by atoms with Crippen molar-refractivity contribution in [1.29, 1.82) is 5.53 Å². The lowest BCUT2D eigenvalue weighted by molar-refractivity contribution is 0.397. The summed E-state index contributed by atoms with van der Waals surface area (Å²) < 4.78 is 43.8. The number of amidine groups is 1. The predicted molar refractivity (Wildman–Crippen MR) is 119 cm³/mol. The van der Waals surface area contributed by atoms with Gasteiger partial charge in [0, 0.05) is 17.6 Å². The quantitative estimate of drug-likeness (QED) is 0.161. The molecule has 0 aromatic heterocycles. The summed E-state index contributed by atoms with van der Waals surface area (Å²) in [6, 6.07) is 20.3. The lowest BCUT2D eigenvalue weighted by Crippen LogP contribution is -2.32. The van der Waals surface area contributed by atoms with Gasteiger partial charge in [-0.05, 0) is 39.2 Å². The predicted octanol–water partition coefficient (Wildman–Crippen LogP) is 4.63. The second kappa shape index (κ2) is 9.90. The third kappa shape index (κ3) is 5.04. The van der Waals surface area contributed by atoms with Gasteiger partial charge >= 0.3 is 0 Å². The van der Waals surface area contributed by atoms with E-state index in [1.54, 1.807) is 48.5 Å². The normalized spacial score (nSPS) is 12.2. The third-order valence-corrected chi connectivity index (χ3v) is 7.03. The first-order valence-corrected chi connectivity index (χ1v) is 11.3. The molecule has 0 aliphatic rings. The Morgan fingerprint density at radius 3 is 1.94 bits per heavy atom. The average molecular weight is 504 g/mol. The molecule has 0 saturated heterocycles. The number of sulfonamides is 1. The van der Waals surface area contributed by atoms with Crippen molar-refractivity contribution in [2.75, 3.05) is 0 Å². The Morgan fingerprint density at radius 2 is 1.48 bits per heavy atom. The van der Waals surface area contributed by atoms with Crippen molar-refractivity contribution in [3.63, 3.8) is 0 Å². The summed E-state index contributed by atoms with van der Waals surface area (Å²) in [4.78, 5) is -0.645. The van der Waals surface area contributed by atoms with Crippen molar-refractivity contribution in [3.8, 4) is 0 Å². The van der Waals surface area contributed by atoms with Crippen LogP contribution in [0.25, 0.3) is 0 Å². The number of hydrogen-bond donors (Lipinski definition) is 2. The zero-order chi connectivity index (χ0) is 22.4. The van der Waals surface area contributed by atoms with Gasteiger partial charge in [-0.2, -0.15) is 9.41 Å². The van der Waals surface area contributed by atoms with E-state index in [0.717, 1.165) is 17.2 Å². The molecule has 0 heterocycles. The molecule has 0 atom stereocenters. The molecule has 0 bridgehead atoms. The van der Waals surface area contributed by atoms with E-state index in [1.165, 1.54) is 10.4 Å². The SMILES string of the molecule is N=N/C(=N\N)c1c(Br)ccc(F)c1S(=O)(=O)N(Cc1ccccc1)Cc1ccccc1. The topological polar surface area (TPSA) is 112 Å². The maximum atomic E-state index is 15.0. The summed E-state index contributed by atoms with van der Waals surface area (Å²) in [5.74, 6) is 3.89. The van der Waals surface area contributed by atoms with Gasteiger partial charge in [-0.25, -0.2) is 18.3 Å². The highest BCUT2D eigenvalue weighted by Gasteiger charge is 2.33. The van der Waals surface area contributed by atoms with Gasteiger partial charge in [0.1, 0.15) is 10.7 Å². The number of hydrogen-bond acceptors (Lipinski definition) is 5. The van der Waals surface area contributed by atoms with Crippen molar-refractivity contribution >= 4 is 31.8 Å². The molecule has 3 N–H and O–H groups in total. The Morgan fingerprint density at radius 1 is 0.968 bits per heavy atom. The van der Waals surface area contributed by atoms with Crippen LogP contribution in [0.15, 0.2) is 92.4 Å². The average Bonchev–Trinajstić information content (AvgIpc) is 2.77. The fraction of sp³-hybridized carbons (Fsp3) is 0.0952. The monoisotopic (exact) mass is 503 g/mol. The van der Waals surface area contributed by atoms with Gasteiger partial charge < -0.3 is 5.84 Å². The van der Waals surface area contributed by atoms with Gasteiger partial charge in [0.25, 0.3) is 0 Å². The number of benzene rings is 3. The molecule has 7 nitrogen and oxygen atoms in total. The Bertz CT molecular complexity index is 1160. The van der Waals surface area contributed by atoms with E-state index in [4.69, 9.17) is 11.4 Å². The van der Waals surface area contributed by atoms with Crippen molar-refractivity contribution < 1.29 is 12.8 Å². The number of rotatable bonds is 7. The molecule has 0 aliphatic heterocycles. The third-order valence-electron chi connectivity index (χ3n) is 4.51. The number of nitrogens with two attached hydrogens (primary N) is 1. The summed E-state index contributed by atoms with van der Waals surface area (Å²) in [7, 11) is -4.40. The maximum Gasteiger partial charge on any atom is 0.247 e. The number of halogens is 2.